The van der Waals surface area contributed by atoms with Gasteiger partial charge in [-0.2, -0.15) is 36.4 Å². The number of aryl methyl sites for hydroxylation is 6. The van der Waals surface area contributed by atoms with Gasteiger partial charge >= 0.3 is 65.2 Å². The molecular weight excluding hydrogens is 996 g/mol. The summed E-state index contributed by atoms with van der Waals surface area (Å²) in [5.74, 6) is 0. The van der Waals surface area contributed by atoms with Crippen LogP contribution in [-0.4, -0.2) is 0 Å². The van der Waals surface area contributed by atoms with Crippen molar-refractivity contribution in [2.75, 3.05) is 0 Å². The molecule has 0 bridgehead atoms. The standard InChI is InChI=1S/3C17H23.3BrH.3Ti/c3*1-5-12-13(6-2)15(8-4)17-11-9-10-16(17)14(12)7-3;;;;;;/h3*9-11H,5-8H2,1-4H3;3*1H;;;/q3*-1;;;;3*+2/p-3. The van der Waals surface area contributed by atoms with Crippen LogP contribution in [0.5, 0.6) is 0 Å². The number of halogens is 3. The number of hydrogen-bond donors (Lipinski definition) is 0. The van der Waals surface area contributed by atoms with Crippen molar-refractivity contribution in [1.29, 1.82) is 0 Å². The van der Waals surface area contributed by atoms with Crippen LogP contribution >= 0.6 is 0 Å². The van der Waals surface area contributed by atoms with E-state index in [4.69, 9.17) is 0 Å². The molecule has 57 heavy (non-hydrogen) atoms. The van der Waals surface area contributed by atoms with Crippen LogP contribution in [0, 0.1) is 0 Å². The van der Waals surface area contributed by atoms with Gasteiger partial charge in [-0.25, -0.2) is 0 Å². The molecule has 0 nitrogen and oxygen atoms in total. The molecule has 0 radical (unpaired) electrons. The van der Waals surface area contributed by atoms with E-state index in [1.54, 1.807) is 66.8 Å². The normalized spacial score (nSPS) is 10.1. The van der Waals surface area contributed by atoms with Crippen molar-refractivity contribution in [2.24, 2.45) is 0 Å². The summed E-state index contributed by atoms with van der Waals surface area (Å²) in [5.41, 5.74) is 19.2. The van der Waals surface area contributed by atoms with E-state index in [0.29, 0.717) is 0 Å². The van der Waals surface area contributed by atoms with Gasteiger partial charge in [-0.1, -0.05) is 152 Å². The zero-order chi connectivity index (χ0) is 37.2. The molecule has 0 N–H and O–H groups in total. The average Bonchev–Trinajstić information content (AvgIpc) is 3.97. The first kappa shape index (κ1) is 61.4. The smallest absolute Gasteiger partial charge is 1.00 e. The molecule has 0 amide bonds. The van der Waals surface area contributed by atoms with Gasteiger partial charge < -0.3 is 50.9 Å². The summed E-state index contributed by atoms with van der Waals surface area (Å²) in [5, 5.41) is 8.99. The van der Waals surface area contributed by atoms with Crippen molar-refractivity contribution in [2.45, 2.75) is 160 Å². The van der Waals surface area contributed by atoms with Gasteiger partial charge in [0.1, 0.15) is 0 Å². The van der Waals surface area contributed by atoms with E-state index in [9.17, 15) is 0 Å². The summed E-state index contributed by atoms with van der Waals surface area (Å²) in [7, 11) is 0. The van der Waals surface area contributed by atoms with Crippen LogP contribution in [0.15, 0.2) is 54.6 Å². The zero-order valence-electron chi connectivity index (χ0n) is 37.3. The van der Waals surface area contributed by atoms with Crippen LogP contribution in [0.4, 0.5) is 0 Å². The van der Waals surface area contributed by atoms with Crippen LogP contribution in [0.25, 0.3) is 32.3 Å². The Kier molecular flexibility index (Phi) is 32.5. The van der Waals surface area contributed by atoms with E-state index in [0.717, 1.165) is 38.5 Å². The van der Waals surface area contributed by atoms with E-state index in [1.165, 1.54) is 70.8 Å². The molecule has 0 fully saturated rings. The summed E-state index contributed by atoms with van der Waals surface area (Å²) in [6.07, 6.45) is 13.9. The Balaban J connectivity index is -0.000000729. The Bertz CT molecular complexity index is 1670. The van der Waals surface area contributed by atoms with Crippen LogP contribution in [0.2, 0.25) is 0 Å². The summed E-state index contributed by atoms with van der Waals surface area (Å²) >= 11 is 0. The second kappa shape index (κ2) is 30.2. The largest absolute Gasteiger partial charge is 2.00 e. The predicted octanol–water partition coefficient (Wildman–Crippen LogP) is 5.43. The topological polar surface area (TPSA) is 0 Å². The fourth-order valence-corrected chi connectivity index (χ4v) is 9.89. The first-order chi connectivity index (χ1) is 24.8. The van der Waals surface area contributed by atoms with Gasteiger partial charge in [-0.3, -0.25) is 0 Å². The fraction of sp³-hybridized carbons (Fsp3) is 0.471. The maximum Gasteiger partial charge on any atom is 2.00 e. The summed E-state index contributed by atoms with van der Waals surface area (Å²) in [6, 6.07) is 20.4. The molecule has 6 rings (SSSR count). The van der Waals surface area contributed by atoms with E-state index >= 15 is 0 Å². The molecule has 0 unspecified atom stereocenters. The van der Waals surface area contributed by atoms with Crippen LogP contribution < -0.4 is 50.9 Å². The van der Waals surface area contributed by atoms with Crippen molar-refractivity contribution >= 4 is 32.3 Å². The minimum atomic E-state index is 0. The summed E-state index contributed by atoms with van der Waals surface area (Å²) in [4.78, 5) is 0. The van der Waals surface area contributed by atoms with Gasteiger partial charge in [0.2, 0.25) is 0 Å². The van der Waals surface area contributed by atoms with Crippen LogP contribution in [0.3, 0.4) is 0 Å². The third kappa shape index (κ3) is 12.6. The molecule has 6 aromatic rings. The fourth-order valence-electron chi connectivity index (χ4n) is 9.89. The van der Waals surface area contributed by atoms with Crippen molar-refractivity contribution in [3.8, 4) is 0 Å². The van der Waals surface area contributed by atoms with Crippen molar-refractivity contribution in [3.05, 3.63) is 121 Å². The molecule has 0 aliphatic carbocycles. The zero-order valence-corrected chi connectivity index (χ0v) is 46.8. The molecule has 0 saturated heterocycles. The maximum absolute atomic E-state index is 2.30. The SMILES string of the molecule is CCc1c(CC)c(CC)c2[cH-]ccc2c1CC.CCc1c(CC)c(CC)c2[cH-]ccc2c1CC.CCc1c(CC)c(CC)c2[cH-]ccc2c1CC.[Br-].[Br-].[Br-].[Ti+2].[Ti+2].[Ti+2]. The molecule has 0 aromatic heterocycles. The molecule has 0 heterocycles. The predicted molar refractivity (Wildman–Crippen MR) is 231 cm³/mol. The van der Waals surface area contributed by atoms with Gasteiger partial charge in [0.05, 0.1) is 0 Å². The van der Waals surface area contributed by atoms with Gasteiger partial charge in [0.25, 0.3) is 0 Å². The number of rotatable bonds is 12. The first-order valence-corrected chi connectivity index (χ1v) is 21.0. The molecule has 6 aromatic carbocycles. The average molecular weight is 1070 g/mol. The number of hydrogen-bond acceptors (Lipinski definition) is 0. The number of fused-ring (bicyclic) bond motifs is 3. The van der Waals surface area contributed by atoms with E-state index in [1.807, 2.05) is 0 Å². The minimum Gasteiger partial charge on any atom is -1.00 e. The Morgan fingerprint density at radius 2 is 0.421 bits per heavy atom. The van der Waals surface area contributed by atoms with E-state index in [-0.39, 0.29) is 116 Å². The second-order valence-corrected chi connectivity index (χ2v) is 14.0. The molecule has 306 valence electrons. The Labute approximate surface area is 425 Å². The molecule has 6 heteroatoms. The van der Waals surface area contributed by atoms with Crippen LogP contribution in [-0.2, 0) is 142 Å². The van der Waals surface area contributed by atoms with Crippen molar-refractivity contribution in [3.63, 3.8) is 0 Å². The van der Waals surface area contributed by atoms with Crippen molar-refractivity contribution < 1.29 is 116 Å². The summed E-state index contributed by atoms with van der Waals surface area (Å²) < 4.78 is 0. The minimum absolute atomic E-state index is 0. The molecule has 0 aliphatic rings. The van der Waals surface area contributed by atoms with E-state index < -0.39 is 0 Å². The van der Waals surface area contributed by atoms with Gasteiger partial charge in [0.15, 0.2) is 0 Å². The molecular formula is C51H69Br3Ti3. The summed E-state index contributed by atoms with van der Waals surface area (Å²) in [6.45, 7) is 27.5. The maximum atomic E-state index is 2.30. The van der Waals surface area contributed by atoms with E-state index in [2.05, 4.69) is 138 Å². The monoisotopic (exact) mass is 1060 g/mol. The van der Waals surface area contributed by atoms with Crippen LogP contribution in [0.1, 0.15) is 150 Å². The molecule has 0 saturated carbocycles. The van der Waals surface area contributed by atoms with Gasteiger partial charge in [0, 0.05) is 0 Å². The van der Waals surface area contributed by atoms with Crippen molar-refractivity contribution in [1.82, 2.24) is 0 Å². The molecule has 0 spiro atoms. The second-order valence-electron chi connectivity index (χ2n) is 14.0. The Hall–Kier alpha value is 0.0729. The molecule has 0 atom stereocenters. The van der Waals surface area contributed by atoms with Gasteiger partial charge in [-0.15, -0.1) is 67.2 Å². The quantitative estimate of drug-likeness (QED) is 0.114. The third-order valence-electron chi connectivity index (χ3n) is 11.9. The Morgan fingerprint density at radius 1 is 0.263 bits per heavy atom. The number of benzene rings is 3. The molecule has 0 aliphatic heterocycles. The van der Waals surface area contributed by atoms with Gasteiger partial charge in [-0.05, 0) is 57.8 Å². The third-order valence-corrected chi connectivity index (χ3v) is 11.9. The Morgan fingerprint density at radius 3 is 0.579 bits per heavy atom. The first-order valence-electron chi connectivity index (χ1n) is 21.0.